The number of piperidine rings is 1. The molecular formula is C31H36F3N3O7S2. The lowest BCUT2D eigenvalue weighted by Gasteiger charge is -2.38. The molecule has 2 saturated heterocycles. The van der Waals surface area contributed by atoms with Crippen molar-refractivity contribution in [3.8, 4) is 16.9 Å². The summed E-state index contributed by atoms with van der Waals surface area (Å²) in [5.41, 5.74) is -0.0731. The highest BCUT2D eigenvalue weighted by atomic mass is 32.2. The Morgan fingerprint density at radius 2 is 1.61 bits per heavy atom. The van der Waals surface area contributed by atoms with Crippen LogP contribution in [0.1, 0.15) is 24.8 Å². The van der Waals surface area contributed by atoms with E-state index in [1.165, 1.54) is 47.8 Å². The van der Waals surface area contributed by atoms with Crippen molar-refractivity contribution in [2.75, 3.05) is 39.9 Å². The van der Waals surface area contributed by atoms with Crippen LogP contribution in [0.25, 0.3) is 11.1 Å². The molecule has 2 atom stereocenters. The number of nitrogens with zero attached hydrogens (tertiary/aromatic N) is 1. The van der Waals surface area contributed by atoms with E-state index in [-0.39, 0.29) is 42.1 Å². The summed E-state index contributed by atoms with van der Waals surface area (Å²) >= 11 is 0. The minimum Gasteiger partial charge on any atom is -0.491 e. The van der Waals surface area contributed by atoms with E-state index < -0.39 is 43.5 Å². The zero-order valence-electron chi connectivity index (χ0n) is 25.0. The molecule has 0 aromatic heterocycles. The third-order valence-corrected chi connectivity index (χ3v) is 11.7. The fraction of sp³-hybridized carbons (Fsp3) is 0.419. The van der Waals surface area contributed by atoms with E-state index in [1.54, 1.807) is 24.3 Å². The molecule has 2 heterocycles. The highest BCUT2D eigenvalue weighted by molar-refractivity contribution is 7.89. The van der Waals surface area contributed by atoms with E-state index in [2.05, 4.69) is 10.0 Å². The van der Waals surface area contributed by atoms with Crippen LogP contribution in [0.2, 0.25) is 0 Å². The second-order valence-corrected chi connectivity index (χ2v) is 15.3. The monoisotopic (exact) mass is 683 g/mol. The van der Waals surface area contributed by atoms with Gasteiger partial charge >= 0.3 is 6.18 Å². The number of alkyl halides is 3. The van der Waals surface area contributed by atoms with Gasteiger partial charge in [0, 0.05) is 31.7 Å². The maximum atomic E-state index is 13.4. The molecule has 2 aliphatic rings. The van der Waals surface area contributed by atoms with Crippen LogP contribution in [-0.2, 0) is 31.0 Å². The molecule has 0 amide bonds. The molecule has 3 N–H and O–H groups in total. The summed E-state index contributed by atoms with van der Waals surface area (Å²) in [6, 6.07) is 16.8. The van der Waals surface area contributed by atoms with Gasteiger partial charge in [-0.05, 0) is 73.8 Å². The number of benzene rings is 3. The smallest absolute Gasteiger partial charge is 0.416 e. The molecule has 250 valence electrons. The van der Waals surface area contributed by atoms with E-state index >= 15 is 0 Å². The molecule has 46 heavy (non-hydrogen) atoms. The second-order valence-electron chi connectivity index (χ2n) is 11.5. The van der Waals surface area contributed by atoms with Gasteiger partial charge in [-0.15, -0.1) is 0 Å². The summed E-state index contributed by atoms with van der Waals surface area (Å²) in [6.45, 7) is 1.13. The largest absolute Gasteiger partial charge is 0.491 e. The first kappa shape index (κ1) is 34.3. The SMILES string of the molecule is CNS(=O)(=O)c1cccc(OC[C@@H](O)CNC2COC3(CCN(S(=O)(=O)c4ccc(-c5ccc(C(F)(F)F)cc5)cc4)CC3)C2)c1. The third-order valence-electron chi connectivity index (χ3n) is 8.35. The van der Waals surface area contributed by atoms with Crippen molar-refractivity contribution in [1.82, 2.24) is 14.3 Å². The van der Waals surface area contributed by atoms with Crippen LogP contribution in [0.5, 0.6) is 5.75 Å². The van der Waals surface area contributed by atoms with Crippen molar-refractivity contribution in [1.29, 1.82) is 0 Å². The molecular weight excluding hydrogens is 647 g/mol. The molecule has 2 aliphatic heterocycles. The normalized spacial score (nSPS) is 19.7. The van der Waals surface area contributed by atoms with Gasteiger partial charge < -0.3 is 19.9 Å². The van der Waals surface area contributed by atoms with Crippen molar-refractivity contribution in [2.24, 2.45) is 0 Å². The van der Waals surface area contributed by atoms with Gasteiger partial charge in [-0.3, -0.25) is 0 Å². The lowest BCUT2D eigenvalue weighted by atomic mass is 9.88. The van der Waals surface area contributed by atoms with Gasteiger partial charge in [-0.2, -0.15) is 17.5 Å². The topological polar surface area (TPSA) is 134 Å². The molecule has 0 bridgehead atoms. The Kier molecular flexibility index (Phi) is 10.1. The Balaban J connectivity index is 1.09. The van der Waals surface area contributed by atoms with Gasteiger partial charge in [0.1, 0.15) is 18.5 Å². The molecule has 5 rings (SSSR count). The van der Waals surface area contributed by atoms with Gasteiger partial charge in [-0.25, -0.2) is 21.6 Å². The zero-order chi connectivity index (χ0) is 33.2. The molecule has 3 aromatic carbocycles. The van der Waals surface area contributed by atoms with E-state index in [4.69, 9.17) is 9.47 Å². The Labute approximate surface area is 266 Å². The third kappa shape index (κ3) is 7.90. The average Bonchev–Trinajstić information content (AvgIpc) is 3.44. The first-order chi connectivity index (χ1) is 21.7. The molecule has 10 nitrogen and oxygen atoms in total. The maximum Gasteiger partial charge on any atom is 0.416 e. The summed E-state index contributed by atoms with van der Waals surface area (Å²) < 4.78 is 105. The first-order valence-corrected chi connectivity index (χ1v) is 17.6. The van der Waals surface area contributed by atoms with Crippen LogP contribution in [-0.4, -0.2) is 83.9 Å². The maximum absolute atomic E-state index is 13.4. The number of halogens is 3. The number of nitrogens with one attached hydrogen (secondary N) is 2. The van der Waals surface area contributed by atoms with Gasteiger partial charge in [0.15, 0.2) is 0 Å². The van der Waals surface area contributed by atoms with Crippen molar-refractivity contribution in [3.05, 3.63) is 78.4 Å². The van der Waals surface area contributed by atoms with Crippen molar-refractivity contribution in [3.63, 3.8) is 0 Å². The summed E-state index contributed by atoms with van der Waals surface area (Å²) in [7, 11) is -6.08. The summed E-state index contributed by atoms with van der Waals surface area (Å²) in [6.07, 6.45) is -3.63. The molecule has 2 fully saturated rings. The zero-order valence-corrected chi connectivity index (χ0v) is 26.7. The van der Waals surface area contributed by atoms with Crippen molar-refractivity contribution in [2.45, 2.75) is 53.0 Å². The average molecular weight is 684 g/mol. The van der Waals surface area contributed by atoms with Gasteiger partial charge in [-0.1, -0.05) is 30.3 Å². The van der Waals surface area contributed by atoms with E-state index in [9.17, 15) is 35.1 Å². The van der Waals surface area contributed by atoms with E-state index in [1.807, 2.05) is 0 Å². The highest BCUT2D eigenvalue weighted by Gasteiger charge is 2.44. The van der Waals surface area contributed by atoms with Gasteiger partial charge in [0.2, 0.25) is 20.0 Å². The minimum atomic E-state index is -4.43. The Morgan fingerprint density at radius 1 is 0.978 bits per heavy atom. The molecule has 0 aliphatic carbocycles. The van der Waals surface area contributed by atoms with Gasteiger partial charge in [0.25, 0.3) is 0 Å². The Morgan fingerprint density at radius 3 is 2.22 bits per heavy atom. The van der Waals surface area contributed by atoms with Crippen LogP contribution in [0.15, 0.2) is 82.6 Å². The number of hydrogen-bond acceptors (Lipinski definition) is 8. The Bertz CT molecular complexity index is 1710. The number of aliphatic hydroxyl groups excluding tert-OH is 1. The van der Waals surface area contributed by atoms with Crippen LogP contribution < -0.4 is 14.8 Å². The second kappa shape index (κ2) is 13.6. The number of ether oxygens (including phenoxy) is 2. The molecule has 1 spiro atoms. The summed E-state index contributed by atoms with van der Waals surface area (Å²) in [4.78, 5) is 0.166. The van der Waals surface area contributed by atoms with Crippen LogP contribution in [0.3, 0.4) is 0 Å². The van der Waals surface area contributed by atoms with Crippen molar-refractivity contribution < 1.29 is 44.6 Å². The fourth-order valence-corrected chi connectivity index (χ4v) is 7.89. The lowest BCUT2D eigenvalue weighted by molar-refractivity contribution is -0.137. The Hall–Kier alpha value is -3.05. The predicted octanol–water partition coefficient (Wildman–Crippen LogP) is 3.62. The van der Waals surface area contributed by atoms with Crippen molar-refractivity contribution >= 4 is 20.0 Å². The van der Waals surface area contributed by atoms with Crippen LogP contribution in [0.4, 0.5) is 13.2 Å². The quantitative estimate of drug-likeness (QED) is 0.279. The molecule has 15 heteroatoms. The lowest BCUT2D eigenvalue weighted by Crippen LogP contribution is -2.47. The predicted molar refractivity (Wildman–Crippen MR) is 164 cm³/mol. The standard InChI is InChI=1S/C31H36F3N3O7S2/c1-35-45(39,40)29-4-2-3-27(17-29)43-21-26(38)19-36-25-18-30(44-20-25)13-15-37(16-14-30)46(41,42)28-11-7-23(8-12-28)22-5-9-24(10-6-22)31(32,33)34/h2-12,17,25-26,35-36,38H,13-16,18-21H2,1H3/t25?,26-/m0/s1. The molecule has 0 radical (unpaired) electrons. The van der Waals surface area contributed by atoms with Gasteiger partial charge in [0.05, 0.1) is 27.6 Å². The number of rotatable bonds is 11. The number of sulfonamides is 2. The summed E-state index contributed by atoms with van der Waals surface area (Å²) in [5, 5.41) is 13.7. The van der Waals surface area contributed by atoms with Crippen LogP contribution >= 0.6 is 0 Å². The fourth-order valence-electron chi connectivity index (χ4n) is 5.68. The summed E-state index contributed by atoms with van der Waals surface area (Å²) in [5.74, 6) is 0.315. The van der Waals surface area contributed by atoms with E-state index in [0.29, 0.717) is 42.7 Å². The molecule has 3 aromatic rings. The van der Waals surface area contributed by atoms with E-state index in [0.717, 1.165) is 12.1 Å². The number of aliphatic hydroxyl groups is 1. The first-order valence-electron chi connectivity index (χ1n) is 14.7. The number of hydrogen-bond donors (Lipinski definition) is 3. The minimum absolute atomic E-state index is 0.0420. The highest BCUT2D eigenvalue weighted by Crippen LogP contribution is 2.38. The molecule has 1 unspecified atom stereocenters. The molecule has 0 saturated carbocycles. The van der Waals surface area contributed by atoms with Crippen LogP contribution in [0, 0.1) is 0 Å².